The molecular weight excluding hydrogens is 297 g/mol. The van der Waals surface area contributed by atoms with Crippen LogP contribution in [0.4, 0.5) is 10.1 Å². The SMILES string of the molecule is Cc1cc(NCc2cc(O)cc(F)c2)ccc1Br. The summed E-state index contributed by atoms with van der Waals surface area (Å²) in [7, 11) is 0. The molecule has 0 heterocycles. The van der Waals surface area contributed by atoms with Gasteiger partial charge in [0.25, 0.3) is 0 Å². The minimum Gasteiger partial charge on any atom is -0.508 e. The third-order valence-electron chi connectivity index (χ3n) is 2.60. The zero-order valence-electron chi connectivity index (χ0n) is 9.87. The van der Waals surface area contributed by atoms with Crippen LogP contribution in [0.1, 0.15) is 11.1 Å². The molecule has 0 atom stereocenters. The van der Waals surface area contributed by atoms with E-state index in [1.54, 1.807) is 6.07 Å². The summed E-state index contributed by atoms with van der Waals surface area (Å²) < 4.78 is 14.1. The number of rotatable bonds is 3. The number of aromatic hydroxyl groups is 1. The van der Waals surface area contributed by atoms with Gasteiger partial charge >= 0.3 is 0 Å². The maximum Gasteiger partial charge on any atom is 0.127 e. The predicted molar refractivity (Wildman–Crippen MR) is 74.3 cm³/mol. The number of anilines is 1. The molecule has 0 amide bonds. The number of nitrogens with one attached hydrogen (secondary N) is 1. The summed E-state index contributed by atoms with van der Waals surface area (Å²) in [4.78, 5) is 0. The summed E-state index contributed by atoms with van der Waals surface area (Å²) in [6.45, 7) is 2.47. The molecule has 0 aromatic heterocycles. The zero-order chi connectivity index (χ0) is 13.1. The molecule has 2 nitrogen and oxygen atoms in total. The minimum atomic E-state index is -0.432. The third-order valence-corrected chi connectivity index (χ3v) is 3.49. The Morgan fingerprint density at radius 2 is 2.00 bits per heavy atom. The van der Waals surface area contributed by atoms with Crippen LogP contribution in [0.25, 0.3) is 0 Å². The van der Waals surface area contributed by atoms with Gasteiger partial charge in [-0.3, -0.25) is 0 Å². The molecule has 0 unspecified atom stereocenters. The molecule has 0 saturated heterocycles. The first-order valence-electron chi connectivity index (χ1n) is 5.53. The molecule has 0 aliphatic rings. The van der Waals surface area contributed by atoms with Crippen molar-refractivity contribution in [2.75, 3.05) is 5.32 Å². The molecule has 0 aliphatic heterocycles. The maximum atomic E-state index is 13.1. The van der Waals surface area contributed by atoms with E-state index in [2.05, 4.69) is 21.2 Å². The average molecular weight is 310 g/mol. The van der Waals surface area contributed by atoms with Gasteiger partial charge in [0.2, 0.25) is 0 Å². The number of benzene rings is 2. The number of phenols is 1. The second-order valence-electron chi connectivity index (χ2n) is 4.14. The summed E-state index contributed by atoms with van der Waals surface area (Å²) in [6, 6.07) is 9.94. The lowest BCUT2D eigenvalue weighted by atomic mass is 10.2. The Labute approximate surface area is 114 Å². The minimum absolute atomic E-state index is 0.0567. The molecule has 94 valence electrons. The van der Waals surface area contributed by atoms with Gasteiger partial charge in [-0.15, -0.1) is 0 Å². The number of halogens is 2. The Kier molecular flexibility index (Phi) is 3.87. The van der Waals surface area contributed by atoms with Crippen LogP contribution in [0.15, 0.2) is 40.9 Å². The highest BCUT2D eigenvalue weighted by Gasteiger charge is 2.01. The lowest BCUT2D eigenvalue weighted by Crippen LogP contribution is -2.00. The van der Waals surface area contributed by atoms with E-state index in [1.165, 1.54) is 6.07 Å². The van der Waals surface area contributed by atoms with Crippen LogP contribution >= 0.6 is 15.9 Å². The Hall–Kier alpha value is -1.55. The largest absolute Gasteiger partial charge is 0.508 e. The van der Waals surface area contributed by atoms with Gasteiger partial charge in [0.1, 0.15) is 11.6 Å². The maximum absolute atomic E-state index is 13.1. The van der Waals surface area contributed by atoms with Gasteiger partial charge in [0.05, 0.1) is 0 Å². The smallest absolute Gasteiger partial charge is 0.127 e. The fourth-order valence-corrected chi connectivity index (χ4v) is 1.94. The number of hydrogen-bond donors (Lipinski definition) is 2. The number of hydrogen-bond acceptors (Lipinski definition) is 2. The standard InChI is InChI=1S/C14H13BrFNO/c1-9-4-12(2-3-14(9)15)17-8-10-5-11(16)7-13(18)6-10/h2-7,17-18H,8H2,1H3. The van der Waals surface area contributed by atoms with Crippen molar-refractivity contribution in [3.63, 3.8) is 0 Å². The first kappa shape index (κ1) is 12.9. The van der Waals surface area contributed by atoms with Crippen molar-refractivity contribution in [3.8, 4) is 5.75 Å². The van der Waals surface area contributed by atoms with E-state index in [4.69, 9.17) is 0 Å². The van der Waals surface area contributed by atoms with E-state index in [1.807, 2.05) is 25.1 Å². The zero-order valence-corrected chi connectivity index (χ0v) is 11.5. The van der Waals surface area contributed by atoms with Gasteiger partial charge in [-0.2, -0.15) is 0 Å². The Morgan fingerprint density at radius 3 is 2.67 bits per heavy atom. The number of aryl methyl sites for hydroxylation is 1. The monoisotopic (exact) mass is 309 g/mol. The average Bonchev–Trinajstić information content (AvgIpc) is 2.29. The molecule has 0 saturated carbocycles. The summed E-state index contributed by atoms with van der Waals surface area (Å²) in [6.07, 6.45) is 0. The molecule has 2 N–H and O–H groups in total. The fraction of sp³-hybridized carbons (Fsp3) is 0.143. The molecule has 0 fully saturated rings. The van der Waals surface area contributed by atoms with Crippen LogP contribution in [0.3, 0.4) is 0 Å². The lowest BCUT2D eigenvalue weighted by molar-refractivity contribution is 0.468. The topological polar surface area (TPSA) is 32.3 Å². The van der Waals surface area contributed by atoms with Crippen LogP contribution in [0.2, 0.25) is 0 Å². The van der Waals surface area contributed by atoms with Crippen LogP contribution in [0.5, 0.6) is 5.75 Å². The molecule has 2 rings (SSSR count). The van der Waals surface area contributed by atoms with Crippen molar-refractivity contribution in [2.24, 2.45) is 0 Å². The second-order valence-corrected chi connectivity index (χ2v) is 4.99. The van der Waals surface area contributed by atoms with Gasteiger partial charge < -0.3 is 10.4 Å². The molecule has 4 heteroatoms. The number of phenolic OH excluding ortho intramolecular Hbond substituents is 1. The summed E-state index contributed by atoms with van der Waals surface area (Å²) in [5.41, 5.74) is 2.79. The van der Waals surface area contributed by atoms with E-state index in [-0.39, 0.29) is 5.75 Å². The molecule has 2 aromatic carbocycles. The quantitative estimate of drug-likeness (QED) is 0.890. The van der Waals surface area contributed by atoms with E-state index in [0.29, 0.717) is 12.1 Å². The van der Waals surface area contributed by atoms with Crippen molar-refractivity contribution in [1.82, 2.24) is 0 Å². The van der Waals surface area contributed by atoms with Crippen LogP contribution in [-0.4, -0.2) is 5.11 Å². The highest BCUT2D eigenvalue weighted by atomic mass is 79.9. The molecule has 18 heavy (non-hydrogen) atoms. The van der Waals surface area contributed by atoms with Crippen LogP contribution in [0, 0.1) is 12.7 Å². The lowest BCUT2D eigenvalue weighted by Gasteiger charge is -2.09. The predicted octanol–water partition coefficient (Wildman–Crippen LogP) is 4.21. The molecule has 2 aromatic rings. The van der Waals surface area contributed by atoms with Crippen molar-refractivity contribution in [1.29, 1.82) is 0 Å². The van der Waals surface area contributed by atoms with E-state index >= 15 is 0 Å². The van der Waals surface area contributed by atoms with Gasteiger partial charge in [-0.05, 0) is 48.4 Å². The van der Waals surface area contributed by atoms with Crippen LogP contribution in [-0.2, 0) is 6.54 Å². The molecule has 0 radical (unpaired) electrons. The third kappa shape index (κ3) is 3.23. The van der Waals surface area contributed by atoms with Crippen molar-refractivity contribution in [3.05, 3.63) is 57.8 Å². The highest BCUT2D eigenvalue weighted by Crippen LogP contribution is 2.21. The second kappa shape index (κ2) is 5.40. The Bertz CT molecular complexity index is 551. The first-order valence-corrected chi connectivity index (χ1v) is 6.32. The van der Waals surface area contributed by atoms with Crippen LogP contribution < -0.4 is 5.32 Å². The first-order chi connectivity index (χ1) is 8.54. The summed E-state index contributed by atoms with van der Waals surface area (Å²) in [5, 5.41) is 12.5. The fourth-order valence-electron chi connectivity index (χ4n) is 1.69. The highest BCUT2D eigenvalue weighted by molar-refractivity contribution is 9.10. The van der Waals surface area contributed by atoms with Crippen molar-refractivity contribution < 1.29 is 9.50 Å². The molecule has 0 spiro atoms. The summed E-state index contributed by atoms with van der Waals surface area (Å²) >= 11 is 3.43. The molecular formula is C14H13BrFNO. The normalized spacial score (nSPS) is 10.4. The van der Waals surface area contributed by atoms with Crippen molar-refractivity contribution >= 4 is 21.6 Å². The van der Waals surface area contributed by atoms with Gasteiger partial charge in [0.15, 0.2) is 0 Å². The van der Waals surface area contributed by atoms with Gasteiger partial charge in [-0.1, -0.05) is 15.9 Å². The molecule has 0 bridgehead atoms. The van der Waals surface area contributed by atoms with Crippen molar-refractivity contribution in [2.45, 2.75) is 13.5 Å². The van der Waals surface area contributed by atoms with E-state index < -0.39 is 5.82 Å². The Balaban J connectivity index is 2.08. The van der Waals surface area contributed by atoms with Gasteiger partial charge in [-0.25, -0.2) is 4.39 Å². The molecule has 0 aliphatic carbocycles. The van der Waals surface area contributed by atoms with E-state index in [0.717, 1.165) is 21.8 Å². The summed E-state index contributed by atoms with van der Waals surface area (Å²) in [5.74, 6) is -0.488. The van der Waals surface area contributed by atoms with Gasteiger partial charge in [0, 0.05) is 22.8 Å². The Morgan fingerprint density at radius 1 is 1.22 bits per heavy atom. The van der Waals surface area contributed by atoms with E-state index in [9.17, 15) is 9.50 Å².